The van der Waals surface area contributed by atoms with Crippen LogP contribution in [0.1, 0.15) is 27.0 Å². The molecule has 0 saturated carbocycles. The molecular formula is C13H21N3O5. The van der Waals surface area contributed by atoms with E-state index in [0.29, 0.717) is 0 Å². The highest BCUT2D eigenvalue weighted by Crippen LogP contribution is 2.20. The minimum atomic E-state index is -0.544. The molecule has 0 aromatic carbocycles. The zero-order valence-corrected chi connectivity index (χ0v) is 12.4. The van der Waals surface area contributed by atoms with Crippen molar-refractivity contribution in [2.45, 2.75) is 45.7 Å². The molecule has 0 radical (unpaired) electrons. The van der Waals surface area contributed by atoms with Gasteiger partial charge in [-0.15, -0.1) is 0 Å². The molecule has 0 amide bonds. The van der Waals surface area contributed by atoms with E-state index < -0.39 is 18.2 Å². The fourth-order valence-corrected chi connectivity index (χ4v) is 1.96. The Bertz CT molecular complexity index is 519. The predicted octanol–water partition coefficient (Wildman–Crippen LogP) is 0.485. The second-order valence-electron chi connectivity index (χ2n) is 4.98. The van der Waals surface area contributed by atoms with Gasteiger partial charge in [0, 0.05) is 6.20 Å². The van der Waals surface area contributed by atoms with E-state index in [2.05, 4.69) is 4.98 Å². The Hall–Kier alpha value is -1.48. The number of nitrogens with two attached hydrogens (primary N) is 1. The van der Waals surface area contributed by atoms with Crippen LogP contribution in [0.15, 0.2) is 17.1 Å². The first-order valence-corrected chi connectivity index (χ1v) is 6.84. The highest BCUT2D eigenvalue weighted by molar-refractivity contribution is 5.23. The molecule has 1 saturated heterocycles. The molecule has 21 heavy (non-hydrogen) atoms. The number of aromatic nitrogens is 2. The molecule has 2 rings (SSSR count). The molecule has 0 spiro atoms. The molecule has 118 valence electrons. The van der Waals surface area contributed by atoms with Crippen LogP contribution in [-0.2, 0) is 18.9 Å². The van der Waals surface area contributed by atoms with Gasteiger partial charge in [-0.2, -0.15) is 4.98 Å². The van der Waals surface area contributed by atoms with Gasteiger partial charge in [0.25, 0.3) is 0 Å². The van der Waals surface area contributed by atoms with Crippen LogP contribution >= 0.6 is 0 Å². The molecule has 0 bridgehead atoms. The van der Waals surface area contributed by atoms with Crippen molar-refractivity contribution in [1.29, 1.82) is 0 Å². The Morgan fingerprint density at radius 3 is 2.95 bits per heavy atom. The summed E-state index contributed by atoms with van der Waals surface area (Å²) in [5.74, 6) is 0.176. The summed E-state index contributed by atoms with van der Waals surface area (Å²) in [4.78, 5) is 15.4. The minimum Gasteiger partial charge on any atom is -0.383 e. The van der Waals surface area contributed by atoms with Gasteiger partial charge in [-0.1, -0.05) is 0 Å². The second-order valence-corrected chi connectivity index (χ2v) is 4.98. The van der Waals surface area contributed by atoms with Gasteiger partial charge in [-0.25, -0.2) is 4.79 Å². The number of nitrogen functional groups attached to an aromatic ring is 1. The first-order valence-electron chi connectivity index (χ1n) is 6.84. The van der Waals surface area contributed by atoms with Crippen molar-refractivity contribution in [3.05, 3.63) is 22.7 Å². The van der Waals surface area contributed by atoms with Crippen molar-refractivity contribution in [2.75, 3.05) is 18.9 Å². The van der Waals surface area contributed by atoms with Crippen LogP contribution in [0, 0.1) is 0 Å². The van der Waals surface area contributed by atoms with Crippen molar-refractivity contribution in [3.8, 4) is 0 Å². The molecule has 1 aliphatic rings. The molecule has 3 atom stereocenters. The average molecular weight is 299 g/mol. The summed E-state index contributed by atoms with van der Waals surface area (Å²) in [5.41, 5.74) is 4.97. The molecule has 1 fully saturated rings. The second kappa shape index (κ2) is 6.99. The molecule has 1 aromatic heterocycles. The van der Waals surface area contributed by atoms with Crippen LogP contribution in [0.25, 0.3) is 0 Å². The Labute approximate surface area is 122 Å². The highest BCUT2D eigenvalue weighted by Gasteiger charge is 2.28. The summed E-state index contributed by atoms with van der Waals surface area (Å²) in [6.07, 6.45) is 0.194. The van der Waals surface area contributed by atoms with Gasteiger partial charge < -0.3 is 24.7 Å². The first kappa shape index (κ1) is 15.9. The number of ether oxygens (including phenoxy) is 4. The number of hydrogen-bond acceptors (Lipinski definition) is 7. The van der Waals surface area contributed by atoms with Crippen LogP contribution in [-0.4, -0.2) is 41.4 Å². The topological polar surface area (TPSA) is 97.8 Å². The van der Waals surface area contributed by atoms with E-state index in [0.717, 1.165) is 0 Å². The van der Waals surface area contributed by atoms with Crippen LogP contribution in [0.4, 0.5) is 5.82 Å². The summed E-state index contributed by atoms with van der Waals surface area (Å²) < 4.78 is 23.3. The van der Waals surface area contributed by atoms with Crippen LogP contribution in [0.5, 0.6) is 0 Å². The summed E-state index contributed by atoms with van der Waals surface area (Å²) in [7, 11) is 0. The van der Waals surface area contributed by atoms with Crippen molar-refractivity contribution in [3.63, 3.8) is 0 Å². The molecule has 2 N–H and O–H groups in total. The van der Waals surface area contributed by atoms with Gasteiger partial charge in [0.1, 0.15) is 12.4 Å². The van der Waals surface area contributed by atoms with E-state index in [1.165, 1.54) is 16.8 Å². The number of anilines is 1. The van der Waals surface area contributed by atoms with Crippen molar-refractivity contribution in [1.82, 2.24) is 9.55 Å². The van der Waals surface area contributed by atoms with E-state index in [4.69, 9.17) is 24.7 Å². The molecule has 0 aliphatic carbocycles. The van der Waals surface area contributed by atoms with E-state index >= 15 is 0 Å². The fourth-order valence-electron chi connectivity index (χ4n) is 1.96. The molecule has 1 aromatic rings. The third-order valence-corrected chi connectivity index (χ3v) is 2.83. The third kappa shape index (κ3) is 4.50. The van der Waals surface area contributed by atoms with E-state index in [-0.39, 0.29) is 31.4 Å². The van der Waals surface area contributed by atoms with Gasteiger partial charge in [0.2, 0.25) is 0 Å². The van der Waals surface area contributed by atoms with Crippen LogP contribution in [0.2, 0.25) is 0 Å². The Kier molecular flexibility index (Phi) is 5.29. The quantitative estimate of drug-likeness (QED) is 0.763. The van der Waals surface area contributed by atoms with Gasteiger partial charge in [-0.3, -0.25) is 4.57 Å². The lowest BCUT2D eigenvalue weighted by Gasteiger charge is -2.19. The molecular weight excluding hydrogens is 278 g/mol. The van der Waals surface area contributed by atoms with Gasteiger partial charge in [-0.05, 0) is 26.8 Å². The van der Waals surface area contributed by atoms with Gasteiger partial charge in [0.05, 0.1) is 12.7 Å². The Balaban J connectivity index is 1.85. The Morgan fingerprint density at radius 1 is 1.52 bits per heavy atom. The van der Waals surface area contributed by atoms with Gasteiger partial charge in [0.15, 0.2) is 18.8 Å². The van der Waals surface area contributed by atoms with E-state index in [9.17, 15) is 4.79 Å². The predicted molar refractivity (Wildman–Crippen MR) is 74.4 cm³/mol. The van der Waals surface area contributed by atoms with Crippen molar-refractivity contribution in [2.24, 2.45) is 0 Å². The number of hydrogen-bond donors (Lipinski definition) is 1. The van der Waals surface area contributed by atoms with Crippen molar-refractivity contribution < 1.29 is 18.9 Å². The lowest BCUT2D eigenvalue weighted by atomic mass is 10.5. The summed E-state index contributed by atoms with van der Waals surface area (Å²) in [6.45, 7) is 6.14. The smallest absolute Gasteiger partial charge is 0.351 e. The van der Waals surface area contributed by atoms with Crippen LogP contribution < -0.4 is 11.4 Å². The molecule has 1 unspecified atom stereocenters. The largest absolute Gasteiger partial charge is 0.383 e. The minimum absolute atomic E-state index is 0.0811. The third-order valence-electron chi connectivity index (χ3n) is 2.83. The average Bonchev–Trinajstić information content (AvgIpc) is 2.84. The maximum atomic E-state index is 11.7. The normalized spacial score (nSPS) is 23.6. The SMILES string of the molecule is CC(C)OC(C)OC[C@H]1OC[C@@H](n2ccc(N)nc2=O)O1. The zero-order valence-electron chi connectivity index (χ0n) is 12.4. The number of rotatable bonds is 6. The maximum Gasteiger partial charge on any atom is 0.351 e. The van der Waals surface area contributed by atoms with Crippen molar-refractivity contribution >= 4 is 5.82 Å². The lowest BCUT2D eigenvalue weighted by Crippen LogP contribution is -2.29. The Morgan fingerprint density at radius 2 is 2.29 bits per heavy atom. The fraction of sp³-hybridized carbons (Fsp3) is 0.692. The van der Waals surface area contributed by atoms with Gasteiger partial charge >= 0.3 is 5.69 Å². The maximum absolute atomic E-state index is 11.7. The molecule has 8 heteroatoms. The standard InChI is InChI=1S/C13H21N3O5/c1-8(2)20-9(3)18-7-12-19-6-11(21-12)16-5-4-10(14)15-13(16)17/h4-5,8-9,11-12H,6-7H2,1-3H3,(H2,14,15,17)/t9?,11-,12-/m0/s1. The van der Waals surface area contributed by atoms with E-state index in [1.54, 1.807) is 6.92 Å². The zero-order chi connectivity index (χ0) is 15.4. The molecule has 2 heterocycles. The van der Waals surface area contributed by atoms with Crippen LogP contribution in [0.3, 0.4) is 0 Å². The van der Waals surface area contributed by atoms with E-state index in [1.807, 2.05) is 13.8 Å². The lowest BCUT2D eigenvalue weighted by molar-refractivity contribution is -0.196. The molecule has 8 nitrogen and oxygen atoms in total. The monoisotopic (exact) mass is 299 g/mol. The summed E-state index contributed by atoms with van der Waals surface area (Å²) >= 11 is 0. The summed E-state index contributed by atoms with van der Waals surface area (Å²) in [6, 6.07) is 1.53. The molecule has 1 aliphatic heterocycles. The first-order chi connectivity index (χ1) is 9.95. The highest BCUT2D eigenvalue weighted by atomic mass is 16.8. The number of nitrogens with zero attached hydrogens (tertiary/aromatic N) is 2. The summed E-state index contributed by atoms with van der Waals surface area (Å²) in [5, 5.41) is 0.